The highest BCUT2D eigenvalue weighted by molar-refractivity contribution is 5.98. The van der Waals surface area contributed by atoms with E-state index in [1.165, 1.54) is 0 Å². The second kappa shape index (κ2) is 9.29. The minimum Gasteiger partial charge on any atom is -0.494 e. The quantitative estimate of drug-likeness (QED) is 0.738. The third-order valence-corrected chi connectivity index (χ3v) is 3.57. The molecule has 5 nitrogen and oxygen atoms in total. The van der Waals surface area contributed by atoms with E-state index in [-0.39, 0.29) is 5.91 Å². The Labute approximate surface area is 145 Å². The van der Waals surface area contributed by atoms with Crippen LogP contribution in [0, 0.1) is 17.2 Å². The first-order chi connectivity index (χ1) is 11.4. The Balaban J connectivity index is 3.00. The van der Waals surface area contributed by atoms with Crippen molar-refractivity contribution < 1.29 is 14.3 Å². The molecule has 0 unspecified atom stereocenters. The van der Waals surface area contributed by atoms with Crippen LogP contribution in [0.2, 0.25) is 0 Å². The lowest BCUT2D eigenvalue weighted by Crippen LogP contribution is -2.44. The SMILES string of the molecule is CCCO[C@@](C)(CC(C)C)C(=O)Nc1ccc(OCC)cc1C#N. The van der Waals surface area contributed by atoms with Crippen molar-refractivity contribution in [2.75, 3.05) is 18.5 Å². The zero-order valence-corrected chi connectivity index (χ0v) is 15.3. The van der Waals surface area contributed by atoms with E-state index in [2.05, 4.69) is 25.2 Å². The van der Waals surface area contributed by atoms with Crippen molar-refractivity contribution in [1.29, 1.82) is 5.26 Å². The Bertz CT molecular complexity index is 593. The van der Waals surface area contributed by atoms with Crippen LogP contribution in [0.4, 0.5) is 5.69 Å². The first-order valence-corrected chi connectivity index (χ1v) is 8.48. The number of benzene rings is 1. The second-order valence-electron chi connectivity index (χ2n) is 6.38. The molecule has 1 rings (SSSR count). The summed E-state index contributed by atoms with van der Waals surface area (Å²) in [5.41, 5.74) is -0.0760. The minimum absolute atomic E-state index is 0.231. The number of anilines is 1. The molecule has 0 spiro atoms. The van der Waals surface area contributed by atoms with Crippen molar-refractivity contribution in [1.82, 2.24) is 0 Å². The molecule has 5 heteroatoms. The van der Waals surface area contributed by atoms with Crippen LogP contribution < -0.4 is 10.1 Å². The Kier molecular flexibility index (Phi) is 7.73. The van der Waals surface area contributed by atoms with Gasteiger partial charge in [0.25, 0.3) is 5.91 Å². The molecule has 1 amide bonds. The van der Waals surface area contributed by atoms with Gasteiger partial charge >= 0.3 is 0 Å². The van der Waals surface area contributed by atoms with Crippen LogP contribution in [0.3, 0.4) is 0 Å². The molecule has 1 aromatic rings. The maximum absolute atomic E-state index is 12.8. The zero-order valence-electron chi connectivity index (χ0n) is 15.3. The number of nitrogens with one attached hydrogen (secondary N) is 1. The summed E-state index contributed by atoms with van der Waals surface area (Å²) in [4.78, 5) is 12.8. The molecular formula is C19H28N2O3. The van der Waals surface area contributed by atoms with Crippen LogP contribution in [0.5, 0.6) is 5.75 Å². The average molecular weight is 332 g/mol. The summed E-state index contributed by atoms with van der Waals surface area (Å²) in [5.74, 6) is 0.693. The third-order valence-electron chi connectivity index (χ3n) is 3.57. The molecule has 24 heavy (non-hydrogen) atoms. The van der Waals surface area contributed by atoms with Crippen molar-refractivity contribution >= 4 is 11.6 Å². The molecule has 0 aliphatic rings. The number of nitrogens with zero attached hydrogens (tertiary/aromatic N) is 1. The molecule has 0 aliphatic carbocycles. The molecule has 0 saturated carbocycles. The van der Waals surface area contributed by atoms with Crippen LogP contribution in [-0.4, -0.2) is 24.7 Å². The third kappa shape index (κ3) is 5.54. The van der Waals surface area contributed by atoms with Gasteiger partial charge in [0.2, 0.25) is 0 Å². The number of hydrogen-bond acceptors (Lipinski definition) is 4. The molecule has 0 aliphatic heterocycles. The molecule has 1 aromatic carbocycles. The van der Waals surface area contributed by atoms with E-state index < -0.39 is 5.60 Å². The maximum Gasteiger partial charge on any atom is 0.256 e. The lowest BCUT2D eigenvalue weighted by atomic mass is 9.92. The van der Waals surface area contributed by atoms with Crippen LogP contribution in [0.25, 0.3) is 0 Å². The van der Waals surface area contributed by atoms with E-state index in [0.29, 0.717) is 42.6 Å². The first-order valence-electron chi connectivity index (χ1n) is 8.48. The monoisotopic (exact) mass is 332 g/mol. The van der Waals surface area contributed by atoms with Crippen molar-refractivity contribution in [2.45, 2.75) is 53.1 Å². The van der Waals surface area contributed by atoms with Gasteiger partial charge in [-0.2, -0.15) is 5.26 Å². The highest BCUT2D eigenvalue weighted by Gasteiger charge is 2.35. The van der Waals surface area contributed by atoms with Gasteiger partial charge in [-0.1, -0.05) is 20.8 Å². The van der Waals surface area contributed by atoms with E-state index in [1.807, 2.05) is 13.8 Å². The maximum atomic E-state index is 12.8. The lowest BCUT2D eigenvalue weighted by molar-refractivity contribution is -0.141. The van der Waals surface area contributed by atoms with Crippen LogP contribution in [0.1, 0.15) is 53.0 Å². The smallest absolute Gasteiger partial charge is 0.256 e. The van der Waals surface area contributed by atoms with Gasteiger partial charge in [-0.25, -0.2) is 0 Å². The number of amides is 1. The molecule has 0 radical (unpaired) electrons. The van der Waals surface area contributed by atoms with E-state index in [9.17, 15) is 10.1 Å². The van der Waals surface area contributed by atoms with Gasteiger partial charge in [-0.15, -0.1) is 0 Å². The highest BCUT2D eigenvalue weighted by atomic mass is 16.5. The highest BCUT2D eigenvalue weighted by Crippen LogP contribution is 2.26. The number of rotatable bonds is 9. The molecular weight excluding hydrogens is 304 g/mol. The summed E-state index contributed by atoms with van der Waals surface area (Å²) in [6.07, 6.45) is 1.45. The van der Waals surface area contributed by atoms with Crippen molar-refractivity contribution in [3.63, 3.8) is 0 Å². The van der Waals surface area contributed by atoms with Gasteiger partial charge in [-0.3, -0.25) is 4.79 Å². The van der Waals surface area contributed by atoms with E-state index >= 15 is 0 Å². The van der Waals surface area contributed by atoms with Crippen molar-refractivity contribution in [3.05, 3.63) is 23.8 Å². The molecule has 0 heterocycles. The normalized spacial score (nSPS) is 13.2. The topological polar surface area (TPSA) is 71.3 Å². The Morgan fingerprint density at radius 1 is 1.38 bits per heavy atom. The Morgan fingerprint density at radius 3 is 2.62 bits per heavy atom. The van der Waals surface area contributed by atoms with Crippen molar-refractivity contribution in [3.8, 4) is 11.8 Å². The zero-order chi connectivity index (χ0) is 18.2. The van der Waals surface area contributed by atoms with Crippen LogP contribution >= 0.6 is 0 Å². The average Bonchev–Trinajstić information content (AvgIpc) is 2.53. The predicted octanol–water partition coefficient (Wildman–Crippen LogP) is 4.13. The number of carbonyl (C=O) groups excluding carboxylic acids is 1. The predicted molar refractivity (Wildman–Crippen MR) is 95.1 cm³/mol. The van der Waals surface area contributed by atoms with Crippen LogP contribution in [0.15, 0.2) is 18.2 Å². The van der Waals surface area contributed by atoms with Gasteiger partial charge in [0.1, 0.15) is 17.4 Å². The number of carbonyl (C=O) groups is 1. The number of nitriles is 1. The van der Waals surface area contributed by atoms with Gasteiger partial charge in [0, 0.05) is 6.61 Å². The number of ether oxygens (including phenoxy) is 2. The molecule has 132 valence electrons. The molecule has 0 bridgehead atoms. The largest absolute Gasteiger partial charge is 0.494 e. The standard InChI is InChI=1S/C19H28N2O3/c1-6-10-24-19(5,12-14(3)4)18(22)21-17-9-8-16(23-7-2)11-15(17)13-20/h8-9,11,14H,6-7,10,12H2,1-5H3,(H,21,22)/t19-/m0/s1. The first kappa shape index (κ1) is 20.0. The fourth-order valence-electron chi connectivity index (χ4n) is 2.56. The van der Waals surface area contributed by atoms with Crippen molar-refractivity contribution in [2.24, 2.45) is 5.92 Å². The van der Waals surface area contributed by atoms with Gasteiger partial charge < -0.3 is 14.8 Å². The minimum atomic E-state index is -0.921. The summed E-state index contributed by atoms with van der Waals surface area (Å²) in [6.45, 7) is 10.8. The van der Waals surface area contributed by atoms with E-state index in [1.54, 1.807) is 25.1 Å². The molecule has 0 aromatic heterocycles. The lowest BCUT2D eigenvalue weighted by Gasteiger charge is -2.30. The summed E-state index contributed by atoms with van der Waals surface area (Å²) >= 11 is 0. The second-order valence-corrected chi connectivity index (χ2v) is 6.38. The molecule has 1 atom stereocenters. The van der Waals surface area contributed by atoms with Crippen LogP contribution in [-0.2, 0) is 9.53 Å². The van der Waals surface area contributed by atoms with Gasteiger partial charge in [0.15, 0.2) is 0 Å². The van der Waals surface area contributed by atoms with E-state index in [4.69, 9.17) is 9.47 Å². The molecule has 1 N–H and O–H groups in total. The number of hydrogen-bond donors (Lipinski definition) is 1. The fraction of sp³-hybridized carbons (Fsp3) is 0.579. The summed E-state index contributed by atoms with van der Waals surface area (Å²) < 4.78 is 11.2. The Morgan fingerprint density at radius 2 is 2.08 bits per heavy atom. The van der Waals surface area contributed by atoms with Gasteiger partial charge in [-0.05, 0) is 50.8 Å². The molecule has 0 saturated heterocycles. The summed E-state index contributed by atoms with van der Waals surface area (Å²) in [6, 6.07) is 7.16. The van der Waals surface area contributed by atoms with E-state index in [0.717, 1.165) is 6.42 Å². The molecule has 0 fully saturated rings. The van der Waals surface area contributed by atoms with Gasteiger partial charge in [0.05, 0.1) is 17.9 Å². The summed E-state index contributed by atoms with van der Waals surface area (Å²) in [7, 11) is 0. The Hall–Kier alpha value is -2.06. The summed E-state index contributed by atoms with van der Waals surface area (Å²) in [5, 5.41) is 12.2. The fourth-order valence-corrected chi connectivity index (χ4v) is 2.56.